The maximum Gasteiger partial charge on any atom is 0.330 e. The summed E-state index contributed by atoms with van der Waals surface area (Å²) in [4.78, 5) is 25.5. The number of H-pyrrole nitrogens is 3. The Balaban J connectivity index is 1.87. The van der Waals surface area contributed by atoms with Crippen LogP contribution in [0.2, 0.25) is 0 Å². The highest BCUT2D eigenvalue weighted by atomic mass is 16.3. The molecule has 0 saturated heterocycles. The molecule has 0 saturated carbocycles. The molecule has 0 radical (unpaired) electrons. The van der Waals surface area contributed by atoms with Gasteiger partial charge in [0.15, 0.2) is 0 Å². The summed E-state index contributed by atoms with van der Waals surface area (Å²) in [5.74, 6) is -0.947. The van der Waals surface area contributed by atoms with E-state index in [1.54, 1.807) is 12.1 Å². The van der Waals surface area contributed by atoms with Crippen LogP contribution in [0.5, 0.6) is 5.88 Å². The van der Waals surface area contributed by atoms with E-state index in [0.717, 1.165) is 15.8 Å². The number of hydrogen-bond acceptors (Lipinski definition) is 4. The molecule has 1 aromatic carbocycles. The number of hydrogen-bond donors (Lipinski definition) is 6. The van der Waals surface area contributed by atoms with Crippen molar-refractivity contribution in [3.8, 4) is 17.1 Å². The Morgan fingerprint density at radius 3 is 2.48 bits per heavy atom. The van der Waals surface area contributed by atoms with Gasteiger partial charge < -0.3 is 15.5 Å². The Bertz CT molecular complexity index is 964. The number of benzene rings is 1. The van der Waals surface area contributed by atoms with Gasteiger partial charge in [-0.3, -0.25) is 24.9 Å². The predicted molar refractivity (Wildman–Crippen MR) is 85.0 cm³/mol. The fourth-order valence-electron chi connectivity index (χ4n) is 2.07. The van der Waals surface area contributed by atoms with E-state index in [9.17, 15) is 14.7 Å². The lowest BCUT2D eigenvalue weighted by molar-refractivity contribution is 0.443. The van der Waals surface area contributed by atoms with Gasteiger partial charge in [0, 0.05) is 24.5 Å². The standard InChI is InChI=1S/C14H14N6O3/c1-20-13(22)10(12(21)18-14(20)23)11(15)17-8-4-2-7(3-5-8)9-6-16-19-9/h2-6,16,19,21H,1H3,(H2,15,17)(H,18,23). The Morgan fingerprint density at radius 2 is 1.91 bits per heavy atom. The van der Waals surface area contributed by atoms with Crippen molar-refractivity contribution in [2.24, 2.45) is 7.05 Å². The lowest BCUT2D eigenvalue weighted by Crippen LogP contribution is -2.37. The third kappa shape index (κ3) is 2.55. The zero-order chi connectivity index (χ0) is 16.6. The van der Waals surface area contributed by atoms with Crippen LogP contribution in [-0.4, -0.2) is 30.7 Å². The Hall–Kier alpha value is -3.49. The number of rotatable bonds is 3. The van der Waals surface area contributed by atoms with Gasteiger partial charge in [-0.05, 0) is 12.1 Å². The van der Waals surface area contributed by atoms with Crippen molar-refractivity contribution in [2.75, 3.05) is 5.32 Å². The van der Waals surface area contributed by atoms with Gasteiger partial charge in [0.05, 0.1) is 5.69 Å². The van der Waals surface area contributed by atoms with Gasteiger partial charge in [0.25, 0.3) is 5.56 Å². The molecule has 9 nitrogen and oxygen atoms in total. The molecule has 2 aromatic heterocycles. The molecule has 6 N–H and O–H groups in total. The summed E-state index contributed by atoms with van der Waals surface area (Å²) < 4.78 is 0.788. The summed E-state index contributed by atoms with van der Waals surface area (Å²) in [6.45, 7) is 0. The molecule has 9 heteroatoms. The average molecular weight is 314 g/mol. The molecule has 23 heavy (non-hydrogen) atoms. The second-order valence-electron chi connectivity index (χ2n) is 4.92. The third-order valence-electron chi connectivity index (χ3n) is 3.42. The van der Waals surface area contributed by atoms with E-state index < -0.39 is 17.1 Å². The molecule has 0 unspecified atom stereocenters. The molecular formula is C14H14N6O3. The Labute approximate surface area is 129 Å². The van der Waals surface area contributed by atoms with Gasteiger partial charge in [0.1, 0.15) is 11.4 Å². The van der Waals surface area contributed by atoms with E-state index in [1.807, 2.05) is 18.3 Å². The molecule has 2 heterocycles. The smallest absolute Gasteiger partial charge is 0.330 e. The molecule has 0 aliphatic carbocycles. The molecule has 118 valence electrons. The first-order chi connectivity index (χ1) is 11.0. The van der Waals surface area contributed by atoms with E-state index >= 15 is 0 Å². The number of nitrogens with zero attached hydrogens (tertiary/aromatic N) is 1. The van der Waals surface area contributed by atoms with E-state index in [1.165, 1.54) is 7.05 Å². The number of nitrogens with one attached hydrogen (secondary N) is 5. The number of aromatic amines is 3. The van der Waals surface area contributed by atoms with E-state index in [0.29, 0.717) is 5.69 Å². The molecule has 0 fully saturated rings. The predicted octanol–water partition coefficient (Wildman–Crippen LogP) is 0.540. The largest absolute Gasteiger partial charge is 0.494 e. The van der Waals surface area contributed by atoms with Gasteiger partial charge >= 0.3 is 5.69 Å². The summed E-state index contributed by atoms with van der Waals surface area (Å²) in [5, 5.41) is 26.1. The summed E-state index contributed by atoms with van der Waals surface area (Å²) >= 11 is 0. The number of anilines is 1. The second-order valence-corrected chi connectivity index (χ2v) is 4.92. The molecule has 0 bridgehead atoms. The summed E-state index contributed by atoms with van der Waals surface area (Å²) in [5.41, 5.74) is 0.670. The highest BCUT2D eigenvalue weighted by Crippen LogP contribution is 2.19. The van der Waals surface area contributed by atoms with Crippen LogP contribution < -0.4 is 16.6 Å². The average Bonchev–Trinajstić information content (AvgIpc) is 2.45. The highest BCUT2D eigenvalue weighted by Gasteiger charge is 2.16. The highest BCUT2D eigenvalue weighted by molar-refractivity contribution is 6.07. The molecule has 3 rings (SSSR count). The summed E-state index contributed by atoms with van der Waals surface area (Å²) in [7, 11) is 1.26. The van der Waals surface area contributed by atoms with Crippen LogP contribution in [0.15, 0.2) is 40.1 Å². The van der Waals surface area contributed by atoms with E-state index in [2.05, 4.69) is 20.5 Å². The minimum Gasteiger partial charge on any atom is -0.494 e. The Morgan fingerprint density at radius 1 is 1.26 bits per heavy atom. The normalized spacial score (nSPS) is 10.7. The fraction of sp³-hybridized carbons (Fsp3) is 0.0714. The van der Waals surface area contributed by atoms with Crippen LogP contribution in [0, 0.1) is 5.41 Å². The third-order valence-corrected chi connectivity index (χ3v) is 3.42. The Kier molecular flexibility index (Phi) is 3.37. The molecule has 0 amide bonds. The van der Waals surface area contributed by atoms with Crippen molar-refractivity contribution in [2.45, 2.75) is 0 Å². The van der Waals surface area contributed by atoms with Crippen LogP contribution in [0.25, 0.3) is 11.3 Å². The second kappa shape index (κ2) is 5.37. The van der Waals surface area contributed by atoms with Crippen LogP contribution in [0.1, 0.15) is 5.56 Å². The van der Waals surface area contributed by atoms with E-state index in [-0.39, 0.29) is 11.4 Å². The van der Waals surface area contributed by atoms with Crippen LogP contribution in [0.4, 0.5) is 5.69 Å². The number of aromatic nitrogens is 4. The molecule has 0 atom stereocenters. The van der Waals surface area contributed by atoms with Gasteiger partial charge in [0.2, 0.25) is 5.88 Å². The first-order valence-electron chi connectivity index (χ1n) is 6.67. The zero-order valence-corrected chi connectivity index (χ0v) is 12.1. The first-order valence-corrected chi connectivity index (χ1v) is 6.67. The van der Waals surface area contributed by atoms with Gasteiger partial charge in [-0.2, -0.15) is 0 Å². The zero-order valence-electron chi connectivity index (χ0n) is 12.1. The molecule has 0 aliphatic heterocycles. The van der Waals surface area contributed by atoms with Crippen LogP contribution in [0.3, 0.4) is 0 Å². The van der Waals surface area contributed by atoms with Crippen molar-refractivity contribution in [3.05, 3.63) is 56.9 Å². The fourth-order valence-corrected chi connectivity index (χ4v) is 2.07. The molecule has 0 spiro atoms. The quantitative estimate of drug-likeness (QED) is 0.310. The minimum atomic E-state index is -0.754. The monoisotopic (exact) mass is 314 g/mol. The number of aromatic hydroxyl groups is 1. The maximum atomic E-state index is 12.0. The van der Waals surface area contributed by atoms with Crippen molar-refractivity contribution < 1.29 is 5.11 Å². The van der Waals surface area contributed by atoms with Gasteiger partial charge in [-0.15, -0.1) is 0 Å². The number of amidine groups is 1. The van der Waals surface area contributed by atoms with Crippen LogP contribution in [-0.2, 0) is 7.05 Å². The van der Waals surface area contributed by atoms with E-state index in [4.69, 9.17) is 5.41 Å². The first kappa shape index (κ1) is 14.4. The van der Waals surface area contributed by atoms with Gasteiger partial charge in [-0.1, -0.05) is 12.1 Å². The molecular weight excluding hydrogens is 300 g/mol. The lowest BCUT2D eigenvalue weighted by atomic mass is 10.1. The van der Waals surface area contributed by atoms with Crippen molar-refractivity contribution in [1.82, 2.24) is 19.7 Å². The summed E-state index contributed by atoms with van der Waals surface area (Å²) in [6, 6.07) is 7.13. The van der Waals surface area contributed by atoms with Crippen molar-refractivity contribution in [1.29, 1.82) is 5.41 Å². The molecule has 0 aliphatic rings. The molecule has 3 aromatic rings. The van der Waals surface area contributed by atoms with Gasteiger partial charge in [-0.25, -0.2) is 4.79 Å². The lowest BCUT2D eigenvalue weighted by Gasteiger charge is -2.11. The summed E-state index contributed by atoms with van der Waals surface area (Å²) in [6.07, 6.45) is 1.81. The minimum absolute atomic E-state index is 0.302. The van der Waals surface area contributed by atoms with Crippen molar-refractivity contribution >= 4 is 11.5 Å². The maximum absolute atomic E-state index is 12.0. The topological polar surface area (TPSA) is 143 Å². The van der Waals surface area contributed by atoms with Crippen LogP contribution >= 0.6 is 0 Å². The SMILES string of the molecule is Cn1c(=O)[nH]c(O)c(C(=N)Nc2ccc(-c3c[nH][nH]3)cc2)c1=O. The van der Waals surface area contributed by atoms with Crippen molar-refractivity contribution in [3.63, 3.8) is 0 Å².